The first-order chi connectivity index (χ1) is 13.6. The minimum Gasteiger partial charge on any atom is -0.507 e. The zero-order valence-electron chi connectivity index (χ0n) is 19.0. The maximum Gasteiger partial charge on any atom is 0.122 e. The van der Waals surface area contributed by atoms with Crippen LogP contribution in [0.2, 0.25) is 0 Å². The molecule has 0 amide bonds. The van der Waals surface area contributed by atoms with Crippen LogP contribution in [0.1, 0.15) is 70.8 Å². The molecule has 0 unspecified atom stereocenters. The van der Waals surface area contributed by atoms with E-state index >= 15 is 0 Å². The Labute approximate surface area is 176 Å². The van der Waals surface area contributed by atoms with Crippen molar-refractivity contribution in [1.82, 2.24) is 0 Å². The number of hydrogen-bond donors (Lipinski definition) is 1. The Morgan fingerprint density at radius 3 is 1.72 bits per heavy atom. The fraction of sp³-hybridized carbons (Fsp3) is 0.357. The molecule has 0 aliphatic carbocycles. The fourth-order valence-corrected chi connectivity index (χ4v) is 4.00. The highest BCUT2D eigenvalue weighted by molar-refractivity contribution is 5.51. The normalized spacial score (nSPS) is 11.7. The van der Waals surface area contributed by atoms with Gasteiger partial charge in [-0.25, -0.2) is 0 Å². The Hall–Kier alpha value is -2.54. The Morgan fingerprint density at radius 2 is 1.21 bits per heavy atom. The Bertz CT molecular complexity index is 1030. The van der Waals surface area contributed by atoms with Crippen molar-refractivity contribution in [2.45, 2.75) is 66.7 Å². The summed E-state index contributed by atoms with van der Waals surface area (Å²) in [7, 11) is 0. The van der Waals surface area contributed by atoms with E-state index in [1.807, 2.05) is 0 Å². The van der Waals surface area contributed by atoms with Crippen molar-refractivity contribution in [3.8, 4) is 5.75 Å². The van der Waals surface area contributed by atoms with Gasteiger partial charge in [0.15, 0.2) is 0 Å². The first-order valence-corrected chi connectivity index (χ1v) is 10.5. The van der Waals surface area contributed by atoms with Crippen LogP contribution in [-0.4, -0.2) is 5.11 Å². The number of phenolic OH excluding ortho intramolecular Hbond substituents is 1. The van der Waals surface area contributed by atoms with Gasteiger partial charge < -0.3 is 5.11 Å². The molecule has 3 aromatic rings. The highest BCUT2D eigenvalue weighted by Gasteiger charge is 2.22. The summed E-state index contributed by atoms with van der Waals surface area (Å²) in [6, 6.07) is 17.4. The van der Waals surface area contributed by atoms with Gasteiger partial charge in [-0.3, -0.25) is 0 Å². The van der Waals surface area contributed by atoms with Crippen LogP contribution in [0, 0.1) is 27.7 Å². The lowest BCUT2D eigenvalue weighted by Gasteiger charge is -2.24. The third-order valence-corrected chi connectivity index (χ3v) is 6.27. The van der Waals surface area contributed by atoms with E-state index in [1.165, 1.54) is 38.9 Å². The van der Waals surface area contributed by atoms with Crippen LogP contribution in [0.3, 0.4) is 0 Å². The molecule has 3 rings (SSSR count). The van der Waals surface area contributed by atoms with E-state index in [-0.39, 0.29) is 5.41 Å². The molecule has 1 N–H and O–H groups in total. The summed E-state index contributed by atoms with van der Waals surface area (Å²) in [5.74, 6) is 0.447. The summed E-state index contributed by atoms with van der Waals surface area (Å²) >= 11 is 0. The lowest BCUT2D eigenvalue weighted by molar-refractivity contribution is 0.441. The topological polar surface area (TPSA) is 20.2 Å². The molecule has 0 spiro atoms. The number of phenols is 1. The van der Waals surface area contributed by atoms with Gasteiger partial charge in [0.1, 0.15) is 5.75 Å². The second kappa shape index (κ2) is 8.06. The van der Waals surface area contributed by atoms with Gasteiger partial charge in [0.2, 0.25) is 0 Å². The minimum atomic E-state index is -0.113. The average molecular weight is 387 g/mol. The van der Waals surface area contributed by atoms with Crippen LogP contribution in [0.15, 0.2) is 48.5 Å². The van der Waals surface area contributed by atoms with E-state index < -0.39 is 0 Å². The van der Waals surface area contributed by atoms with Crippen LogP contribution in [0.4, 0.5) is 0 Å². The molecular formula is C28H34O. The standard InChI is InChI=1S/C28H34O/c1-18-10-8-12-23(20(18)3)14-22-15-25(27(29)26(16-22)28(5,6)7)17-24-13-9-11-19(2)21(24)4/h8-13,15-16,29H,14,17H2,1-7H3. The summed E-state index contributed by atoms with van der Waals surface area (Å²) in [6.45, 7) is 15.2. The van der Waals surface area contributed by atoms with Gasteiger partial charge in [-0.05, 0) is 89.6 Å². The van der Waals surface area contributed by atoms with Gasteiger partial charge in [-0.2, -0.15) is 0 Å². The number of hydrogen-bond acceptors (Lipinski definition) is 1. The molecule has 152 valence electrons. The molecule has 0 saturated heterocycles. The quantitative estimate of drug-likeness (QED) is 0.507. The second-order valence-electron chi connectivity index (χ2n) is 9.47. The van der Waals surface area contributed by atoms with Crippen LogP contribution < -0.4 is 0 Å². The van der Waals surface area contributed by atoms with Crippen molar-refractivity contribution in [3.63, 3.8) is 0 Å². The Kier molecular flexibility index (Phi) is 5.89. The van der Waals surface area contributed by atoms with Gasteiger partial charge in [-0.15, -0.1) is 0 Å². The molecule has 0 radical (unpaired) electrons. The largest absolute Gasteiger partial charge is 0.507 e. The summed E-state index contributed by atoms with van der Waals surface area (Å²) in [6.07, 6.45) is 1.64. The van der Waals surface area contributed by atoms with E-state index in [0.717, 1.165) is 24.0 Å². The van der Waals surface area contributed by atoms with E-state index in [1.54, 1.807) is 0 Å². The lowest BCUT2D eigenvalue weighted by atomic mass is 9.82. The molecule has 0 saturated carbocycles. The first kappa shape index (κ1) is 21.2. The maximum atomic E-state index is 11.1. The molecule has 0 bridgehead atoms. The Balaban J connectivity index is 2.09. The van der Waals surface area contributed by atoms with Gasteiger partial charge in [0.25, 0.3) is 0 Å². The van der Waals surface area contributed by atoms with Crippen molar-refractivity contribution in [1.29, 1.82) is 0 Å². The molecule has 29 heavy (non-hydrogen) atoms. The van der Waals surface area contributed by atoms with Crippen molar-refractivity contribution >= 4 is 0 Å². The molecule has 0 fully saturated rings. The molecule has 3 aromatic carbocycles. The number of aromatic hydroxyl groups is 1. The third kappa shape index (κ3) is 4.56. The number of aryl methyl sites for hydroxylation is 2. The molecule has 0 heterocycles. The van der Waals surface area contributed by atoms with Crippen LogP contribution >= 0.6 is 0 Å². The summed E-state index contributed by atoms with van der Waals surface area (Å²) < 4.78 is 0. The first-order valence-electron chi connectivity index (χ1n) is 10.5. The lowest BCUT2D eigenvalue weighted by Crippen LogP contribution is -2.13. The van der Waals surface area contributed by atoms with E-state index in [2.05, 4.69) is 97.0 Å². The van der Waals surface area contributed by atoms with E-state index in [9.17, 15) is 5.11 Å². The van der Waals surface area contributed by atoms with Crippen LogP contribution in [0.25, 0.3) is 0 Å². The number of rotatable bonds is 4. The SMILES string of the molecule is Cc1cccc(Cc2cc(Cc3cccc(C)c3C)c(O)c(C(C)(C)C)c2)c1C. The van der Waals surface area contributed by atoms with Crippen molar-refractivity contribution in [2.75, 3.05) is 0 Å². The summed E-state index contributed by atoms with van der Waals surface area (Å²) in [5.41, 5.74) is 11.1. The van der Waals surface area contributed by atoms with Crippen molar-refractivity contribution in [3.05, 3.63) is 98.6 Å². The molecular weight excluding hydrogens is 352 g/mol. The minimum absolute atomic E-state index is 0.113. The van der Waals surface area contributed by atoms with Crippen LogP contribution in [0.5, 0.6) is 5.75 Å². The summed E-state index contributed by atoms with van der Waals surface area (Å²) in [5, 5.41) is 11.1. The zero-order valence-corrected chi connectivity index (χ0v) is 19.0. The van der Waals surface area contributed by atoms with Gasteiger partial charge in [0.05, 0.1) is 0 Å². The highest BCUT2D eigenvalue weighted by atomic mass is 16.3. The molecule has 1 heteroatoms. The van der Waals surface area contributed by atoms with E-state index in [4.69, 9.17) is 0 Å². The Morgan fingerprint density at radius 1 is 0.690 bits per heavy atom. The monoisotopic (exact) mass is 386 g/mol. The van der Waals surface area contributed by atoms with Crippen molar-refractivity contribution in [2.24, 2.45) is 0 Å². The van der Waals surface area contributed by atoms with Crippen molar-refractivity contribution < 1.29 is 5.11 Å². The molecule has 0 atom stereocenters. The predicted molar refractivity (Wildman–Crippen MR) is 124 cm³/mol. The molecule has 0 aliphatic heterocycles. The molecule has 0 aliphatic rings. The maximum absolute atomic E-state index is 11.1. The average Bonchev–Trinajstić information content (AvgIpc) is 2.64. The predicted octanol–water partition coefficient (Wildman–Crippen LogP) is 7.10. The van der Waals surface area contributed by atoms with Gasteiger partial charge in [-0.1, -0.05) is 69.3 Å². The second-order valence-corrected chi connectivity index (χ2v) is 9.47. The highest BCUT2D eigenvalue weighted by Crippen LogP contribution is 2.36. The zero-order chi connectivity index (χ0) is 21.3. The third-order valence-electron chi connectivity index (χ3n) is 6.27. The van der Waals surface area contributed by atoms with E-state index in [0.29, 0.717) is 5.75 Å². The smallest absolute Gasteiger partial charge is 0.122 e. The molecule has 1 nitrogen and oxygen atoms in total. The summed E-state index contributed by atoms with van der Waals surface area (Å²) in [4.78, 5) is 0. The van der Waals surface area contributed by atoms with Gasteiger partial charge in [0, 0.05) is 6.42 Å². The fourth-order valence-electron chi connectivity index (χ4n) is 4.00. The van der Waals surface area contributed by atoms with Crippen LogP contribution in [-0.2, 0) is 18.3 Å². The van der Waals surface area contributed by atoms with Gasteiger partial charge >= 0.3 is 0 Å². The number of benzene rings is 3. The molecule has 0 aromatic heterocycles.